The molecule has 226 valence electrons. The van der Waals surface area contributed by atoms with E-state index < -0.39 is 36.5 Å². The first kappa shape index (κ1) is 31.0. The van der Waals surface area contributed by atoms with E-state index in [2.05, 4.69) is 22.5 Å². The maximum atomic E-state index is 15.1. The third kappa shape index (κ3) is 7.86. The highest BCUT2D eigenvalue weighted by Gasteiger charge is 2.33. The number of hydrogen-bond acceptors (Lipinski definition) is 6. The number of hydrogen-bond donors (Lipinski definition) is 4. The number of benzene rings is 2. The molecule has 0 unspecified atom stereocenters. The number of aromatic nitrogens is 1. The molecule has 4 N–H and O–H groups in total. The number of halogens is 4. The summed E-state index contributed by atoms with van der Waals surface area (Å²) in [6, 6.07) is 10.2. The number of β-amino-alcohol motifs (C(OH)–C–C–N with tert-alkyl or cyclic N) is 1. The number of fused-ring (bicyclic) bond motifs is 1. The molecule has 4 rings (SSSR count). The van der Waals surface area contributed by atoms with Gasteiger partial charge in [0.15, 0.2) is 0 Å². The third-order valence-corrected chi connectivity index (χ3v) is 6.89. The number of carboxylic acid groups (broad SMARTS) is 1. The van der Waals surface area contributed by atoms with Gasteiger partial charge in [0.2, 0.25) is 0 Å². The van der Waals surface area contributed by atoms with E-state index in [-0.39, 0.29) is 30.1 Å². The Morgan fingerprint density at radius 3 is 2.55 bits per heavy atom. The quantitative estimate of drug-likeness (QED) is 0.206. The lowest BCUT2D eigenvalue weighted by Crippen LogP contribution is -2.51. The van der Waals surface area contributed by atoms with Gasteiger partial charge in [-0.15, -0.1) is 0 Å². The Morgan fingerprint density at radius 2 is 1.90 bits per heavy atom. The number of piperidine rings is 1. The van der Waals surface area contributed by atoms with E-state index in [1.807, 2.05) is 4.90 Å². The van der Waals surface area contributed by atoms with Crippen molar-refractivity contribution in [2.75, 3.05) is 43.9 Å². The van der Waals surface area contributed by atoms with E-state index in [0.29, 0.717) is 41.8 Å². The van der Waals surface area contributed by atoms with E-state index in [0.717, 1.165) is 4.57 Å². The predicted octanol–water partition coefficient (Wildman–Crippen LogP) is 4.97. The molecular weight excluding hydrogens is 556 g/mol. The van der Waals surface area contributed by atoms with Gasteiger partial charge in [0.05, 0.1) is 47.8 Å². The number of nitrogens with zero attached hydrogens (tertiary/aromatic N) is 2. The standard InChI is InChI=1S/C30H34F4N4O4/c1-29(2,41)17-37-13-11-24(22(31)16-37)36-23-7-4-8-26-21(23)15-20(38(26)18-30(32,33)34)6-5-12-35-25-10-9-19(28(39)40)14-27(25)42-3/h4,7-10,14-15,22,24,35-36,41H,11-13,16-18H2,1-3H3,(H,39,40)/t22-,24+/m0/s1. The molecule has 42 heavy (non-hydrogen) atoms. The number of likely N-dealkylation sites (tertiary alicyclic amines) is 1. The molecule has 0 saturated carbocycles. The summed E-state index contributed by atoms with van der Waals surface area (Å²) < 4.78 is 62.1. The van der Waals surface area contributed by atoms with Crippen LogP contribution < -0.4 is 15.4 Å². The summed E-state index contributed by atoms with van der Waals surface area (Å²) in [7, 11) is 1.39. The number of alkyl halides is 4. The van der Waals surface area contributed by atoms with Crippen LogP contribution in [0.15, 0.2) is 42.5 Å². The van der Waals surface area contributed by atoms with Gasteiger partial charge in [0.1, 0.15) is 18.5 Å². The van der Waals surface area contributed by atoms with Crippen molar-refractivity contribution in [3.8, 4) is 17.6 Å². The second-order valence-electron chi connectivity index (χ2n) is 10.9. The molecule has 3 aromatic rings. The normalized spacial score (nSPS) is 17.9. The van der Waals surface area contributed by atoms with Crippen LogP contribution in [-0.4, -0.2) is 82.9 Å². The van der Waals surface area contributed by atoms with Crippen LogP contribution in [0.4, 0.5) is 28.9 Å². The highest BCUT2D eigenvalue weighted by atomic mass is 19.4. The molecule has 0 bridgehead atoms. The Labute approximate surface area is 241 Å². The van der Waals surface area contributed by atoms with Crippen LogP contribution in [0.1, 0.15) is 36.3 Å². The van der Waals surface area contributed by atoms with Gasteiger partial charge in [-0.05, 0) is 62.6 Å². The number of anilines is 2. The minimum absolute atomic E-state index is 0.0447. The number of ether oxygens (including phenoxy) is 1. The number of methoxy groups -OCH3 is 1. The predicted molar refractivity (Wildman–Crippen MR) is 153 cm³/mol. The fourth-order valence-corrected chi connectivity index (χ4v) is 5.13. The molecule has 2 atom stereocenters. The topological polar surface area (TPSA) is 99.0 Å². The number of aliphatic hydroxyl groups is 1. The van der Waals surface area contributed by atoms with Crippen molar-refractivity contribution in [1.29, 1.82) is 0 Å². The summed E-state index contributed by atoms with van der Waals surface area (Å²) in [4.78, 5) is 13.1. The fourth-order valence-electron chi connectivity index (χ4n) is 5.13. The fraction of sp³-hybridized carbons (Fsp3) is 0.433. The molecule has 8 nitrogen and oxygen atoms in total. The summed E-state index contributed by atoms with van der Waals surface area (Å²) in [5.41, 5.74) is 0.550. The number of carbonyl (C=O) groups is 1. The molecule has 0 amide bonds. The van der Waals surface area contributed by atoms with Gasteiger partial charge in [-0.25, -0.2) is 9.18 Å². The van der Waals surface area contributed by atoms with E-state index in [4.69, 9.17) is 9.84 Å². The first-order valence-corrected chi connectivity index (χ1v) is 13.4. The van der Waals surface area contributed by atoms with Crippen molar-refractivity contribution in [2.45, 2.75) is 50.8 Å². The molecule has 0 aliphatic carbocycles. The second kappa shape index (κ2) is 12.5. The van der Waals surface area contributed by atoms with Gasteiger partial charge < -0.3 is 30.2 Å². The lowest BCUT2D eigenvalue weighted by atomic mass is 10.00. The van der Waals surface area contributed by atoms with E-state index in [9.17, 15) is 23.1 Å². The molecule has 1 fully saturated rings. The third-order valence-electron chi connectivity index (χ3n) is 6.89. The average Bonchev–Trinajstić information content (AvgIpc) is 3.23. The Balaban J connectivity index is 1.56. The summed E-state index contributed by atoms with van der Waals surface area (Å²) in [5.74, 6) is 4.82. The number of nitrogens with one attached hydrogen (secondary N) is 2. The van der Waals surface area contributed by atoms with Crippen molar-refractivity contribution in [3.63, 3.8) is 0 Å². The van der Waals surface area contributed by atoms with Crippen LogP contribution in [-0.2, 0) is 6.54 Å². The molecule has 2 aromatic carbocycles. The maximum Gasteiger partial charge on any atom is 0.406 e. The zero-order chi connectivity index (χ0) is 30.7. The van der Waals surface area contributed by atoms with Crippen molar-refractivity contribution < 1.29 is 37.3 Å². The maximum absolute atomic E-state index is 15.1. The van der Waals surface area contributed by atoms with Crippen LogP contribution in [0, 0.1) is 11.8 Å². The lowest BCUT2D eigenvalue weighted by Gasteiger charge is -2.38. The molecule has 1 saturated heterocycles. The highest BCUT2D eigenvalue weighted by molar-refractivity contribution is 5.94. The Hall–Kier alpha value is -3.95. The van der Waals surface area contributed by atoms with Crippen LogP contribution in [0.2, 0.25) is 0 Å². The van der Waals surface area contributed by atoms with Crippen molar-refractivity contribution >= 4 is 28.2 Å². The zero-order valence-electron chi connectivity index (χ0n) is 23.6. The Kier molecular flexibility index (Phi) is 9.23. The van der Waals surface area contributed by atoms with E-state index in [1.54, 1.807) is 38.1 Å². The molecule has 2 heterocycles. The molecule has 1 aliphatic heterocycles. The zero-order valence-corrected chi connectivity index (χ0v) is 23.6. The van der Waals surface area contributed by atoms with E-state index in [1.165, 1.54) is 25.3 Å². The first-order valence-electron chi connectivity index (χ1n) is 13.4. The summed E-state index contributed by atoms with van der Waals surface area (Å²) >= 11 is 0. The van der Waals surface area contributed by atoms with Crippen LogP contribution in [0.5, 0.6) is 5.75 Å². The molecule has 0 radical (unpaired) electrons. The van der Waals surface area contributed by atoms with Gasteiger partial charge in [-0.3, -0.25) is 4.90 Å². The van der Waals surface area contributed by atoms with Crippen LogP contribution in [0.25, 0.3) is 10.9 Å². The SMILES string of the molecule is COc1cc(C(=O)O)ccc1NCC#Cc1cc2c(N[C@@H]3CCN(CC(C)(C)O)C[C@@H]3F)cccc2n1CC(F)(F)F. The highest BCUT2D eigenvalue weighted by Crippen LogP contribution is 2.32. The minimum atomic E-state index is -4.50. The van der Waals surface area contributed by atoms with Gasteiger partial charge >= 0.3 is 12.1 Å². The van der Waals surface area contributed by atoms with Gasteiger partial charge in [0, 0.05) is 30.7 Å². The molecule has 1 aromatic heterocycles. The molecule has 0 spiro atoms. The average molecular weight is 591 g/mol. The van der Waals surface area contributed by atoms with E-state index >= 15 is 4.39 Å². The van der Waals surface area contributed by atoms with Gasteiger partial charge in [-0.2, -0.15) is 13.2 Å². The van der Waals surface area contributed by atoms with Crippen molar-refractivity contribution in [2.24, 2.45) is 0 Å². The Bertz CT molecular complexity index is 1490. The Morgan fingerprint density at radius 1 is 1.14 bits per heavy atom. The summed E-state index contributed by atoms with van der Waals surface area (Å²) in [5, 5.41) is 25.9. The number of aromatic carboxylic acids is 1. The second-order valence-corrected chi connectivity index (χ2v) is 10.9. The van der Waals surface area contributed by atoms with Crippen LogP contribution in [0.3, 0.4) is 0 Å². The molecule has 1 aliphatic rings. The monoisotopic (exact) mass is 590 g/mol. The minimum Gasteiger partial charge on any atom is -0.495 e. The van der Waals surface area contributed by atoms with Crippen LogP contribution >= 0.6 is 0 Å². The number of rotatable bonds is 9. The number of carboxylic acids is 1. The van der Waals surface area contributed by atoms with Crippen molar-refractivity contribution in [1.82, 2.24) is 9.47 Å². The summed E-state index contributed by atoms with van der Waals surface area (Å²) in [6.45, 7) is 3.19. The smallest absolute Gasteiger partial charge is 0.406 e. The molecule has 12 heteroatoms. The van der Waals surface area contributed by atoms with Gasteiger partial charge in [0.25, 0.3) is 0 Å². The summed E-state index contributed by atoms with van der Waals surface area (Å²) in [6.07, 6.45) is -5.27. The lowest BCUT2D eigenvalue weighted by molar-refractivity contribution is -0.140. The van der Waals surface area contributed by atoms with Crippen molar-refractivity contribution in [3.05, 3.63) is 53.7 Å². The largest absolute Gasteiger partial charge is 0.495 e. The van der Waals surface area contributed by atoms with Gasteiger partial charge in [-0.1, -0.05) is 12.0 Å². The first-order chi connectivity index (χ1) is 19.7. The molecular formula is C30H34F4N4O4.